The number of ether oxygens (including phenoxy) is 1. The molecule has 2 N–H and O–H groups in total. The molecule has 1 amide bonds. The summed E-state index contributed by atoms with van der Waals surface area (Å²) in [6.45, 7) is 9.86. The van der Waals surface area contributed by atoms with Gasteiger partial charge in [-0.15, -0.1) is 0 Å². The summed E-state index contributed by atoms with van der Waals surface area (Å²) in [5, 5.41) is 6.13. The molecule has 1 aromatic rings. The molecular weight excluding hydrogens is 252 g/mol. The van der Waals surface area contributed by atoms with Gasteiger partial charge in [-0.1, -0.05) is 13.3 Å². The van der Waals surface area contributed by atoms with Gasteiger partial charge in [0, 0.05) is 17.4 Å². The molecule has 0 bridgehead atoms. The predicted octanol–water partition coefficient (Wildman–Crippen LogP) is 4.63. The summed E-state index contributed by atoms with van der Waals surface area (Å²) in [5.74, 6) is 0. The highest BCUT2D eigenvalue weighted by Gasteiger charge is 2.16. The molecule has 0 aromatic heterocycles. The molecule has 0 saturated heterocycles. The second-order valence-electron chi connectivity index (χ2n) is 6.04. The van der Waals surface area contributed by atoms with Crippen molar-refractivity contribution in [3.05, 3.63) is 24.3 Å². The van der Waals surface area contributed by atoms with E-state index >= 15 is 0 Å². The number of amides is 1. The van der Waals surface area contributed by atoms with Crippen LogP contribution < -0.4 is 10.6 Å². The maximum Gasteiger partial charge on any atom is 0.412 e. The molecule has 1 unspecified atom stereocenters. The molecule has 0 aliphatic heterocycles. The van der Waals surface area contributed by atoms with Gasteiger partial charge in [0.2, 0.25) is 0 Å². The van der Waals surface area contributed by atoms with E-state index in [1.807, 2.05) is 45.0 Å². The molecule has 4 heteroatoms. The van der Waals surface area contributed by atoms with E-state index in [0.29, 0.717) is 6.04 Å². The molecule has 0 saturated carbocycles. The van der Waals surface area contributed by atoms with Crippen LogP contribution in [0.5, 0.6) is 0 Å². The Bertz CT molecular complexity index is 421. The lowest BCUT2D eigenvalue weighted by Crippen LogP contribution is -2.27. The molecule has 1 atom stereocenters. The first-order valence-electron chi connectivity index (χ1n) is 7.17. The van der Waals surface area contributed by atoms with Crippen LogP contribution in [0.15, 0.2) is 24.3 Å². The van der Waals surface area contributed by atoms with Gasteiger partial charge in [-0.2, -0.15) is 0 Å². The molecule has 0 aliphatic carbocycles. The van der Waals surface area contributed by atoms with Gasteiger partial charge in [-0.3, -0.25) is 5.32 Å². The van der Waals surface area contributed by atoms with E-state index in [0.717, 1.165) is 24.2 Å². The van der Waals surface area contributed by atoms with Crippen LogP contribution >= 0.6 is 0 Å². The molecule has 1 aromatic carbocycles. The molecule has 0 heterocycles. The minimum atomic E-state index is -0.485. The molecule has 1 rings (SSSR count). The van der Waals surface area contributed by atoms with Crippen molar-refractivity contribution in [1.82, 2.24) is 0 Å². The molecule has 0 aliphatic rings. The maximum atomic E-state index is 11.6. The fourth-order valence-electron chi connectivity index (χ4n) is 1.86. The fourth-order valence-corrected chi connectivity index (χ4v) is 1.86. The van der Waals surface area contributed by atoms with Crippen LogP contribution in [0.2, 0.25) is 0 Å². The normalized spacial score (nSPS) is 12.7. The first-order valence-corrected chi connectivity index (χ1v) is 7.17. The van der Waals surface area contributed by atoms with E-state index in [1.165, 1.54) is 0 Å². The average molecular weight is 278 g/mol. The van der Waals surface area contributed by atoms with Gasteiger partial charge in [0.1, 0.15) is 5.60 Å². The second kappa shape index (κ2) is 7.17. The van der Waals surface area contributed by atoms with Crippen LogP contribution in [0.4, 0.5) is 16.2 Å². The van der Waals surface area contributed by atoms with Gasteiger partial charge in [0.25, 0.3) is 0 Å². The lowest BCUT2D eigenvalue weighted by atomic mass is 10.2. The van der Waals surface area contributed by atoms with Gasteiger partial charge < -0.3 is 10.1 Å². The van der Waals surface area contributed by atoms with Crippen LogP contribution in [0.1, 0.15) is 47.5 Å². The van der Waals surface area contributed by atoms with Crippen LogP contribution in [-0.2, 0) is 4.74 Å². The summed E-state index contributed by atoms with van der Waals surface area (Å²) in [7, 11) is 0. The highest BCUT2D eigenvalue weighted by molar-refractivity contribution is 5.85. The summed E-state index contributed by atoms with van der Waals surface area (Å²) in [5.41, 5.74) is 1.30. The van der Waals surface area contributed by atoms with Crippen LogP contribution in [0, 0.1) is 0 Å². The summed E-state index contributed by atoms with van der Waals surface area (Å²) >= 11 is 0. The number of benzene rings is 1. The van der Waals surface area contributed by atoms with Gasteiger partial charge in [-0.25, -0.2) is 4.79 Å². The summed E-state index contributed by atoms with van der Waals surface area (Å²) in [6, 6.07) is 8.10. The molecule has 0 fully saturated rings. The first-order chi connectivity index (χ1) is 9.30. The van der Waals surface area contributed by atoms with Gasteiger partial charge in [-0.05, 0) is 58.4 Å². The zero-order chi connectivity index (χ0) is 15.2. The Morgan fingerprint density at radius 2 is 1.75 bits per heavy atom. The van der Waals surface area contributed by atoms with Gasteiger partial charge in [0.15, 0.2) is 0 Å². The minimum absolute atomic E-state index is 0.433. The largest absolute Gasteiger partial charge is 0.444 e. The van der Waals surface area contributed by atoms with E-state index in [1.54, 1.807) is 0 Å². The van der Waals surface area contributed by atoms with Crippen molar-refractivity contribution in [2.75, 3.05) is 10.6 Å². The standard InChI is InChI=1S/C16H26N2O2/c1-6-7-12(2)17-13-8-10-14(11-9-13)18-15(19)20-16(3,4)5/h8-12,17H,6-7H2,1-5H3,(H,18,19). The number of carbonyl (C=O) groups excluding carboxylic acids is 1. The smallest absolute Gasteiger partial charge is 0.412 e. The van der Waals surface area contributed by atoms with E-state index in [2.05, 4.69) is 24.5 Å². The number of nitrogens with one attached hydrogen (secondary N) is 2. The maximum absolute atomic E-state index is 11.6. The molecule has 0 radical (unpaired) electrons. The minimum Gasteiger partial charge on any atom is -0.444 e. The average Bonchev–Trinajstić information content (AvgIpc) is 2.29. The van der Waals surface area contributed by atoms with E-state index < -0.39 is 11.7 Å². The third-order valence-electron chi connectivity index (χ3n) is 2.66. The summed E-state index contributed by atoms with van der Waals surface area (Å²) in [6.07, 6.45) is 1.86. The zero-order valence-electron chi connectivity index (χ0n) is 13.1. The quantitative estimate of drug-likeness (QED) is 0.825. The second-order valence-corrected chi connectivity index (χ2v) is 6.04. The number of hydrogen-bond acceptors (Lipinski definition) is 3. The number of hydrogen-bond donors (Lipinski definition) is 2. The van der Waals surface area contributed by atoms with E-state index in [4.69, 9.17) is 4.74 Å². The number of carbonyl (C=O) groups is 1. The van der Waals surface area contributed by atoms with Crippen LogP contribution in [-0.4, -0.2) is 17.7 Å². The molecule has 4 nitrogen and oxygen atoms in total. The topological polar surface area (TPSA) is 50.4 Å². The highest BCUT2D eigenvalue weighted by Crippen LogP contribution is 2.16. The van der Waals surface area contributed by atoms with Crippen LogP contribution in [0.3, 0.4) is 0 Å². The Hall–Kier alpha value is -1.71. The zero-order valence-corrected chi connectivity index (χ0v) is 13.1. The lowest BCUT2D eigenvalue weighted by molar-refractivity contribution is 0.0636. The molecule has 0 spiro atoms. The number of anilines is 2. The third kappa shape index (κ3) is 6.45. The highest BCUT2D eigenvalue weighted by atomic mass is 16.6. The van der Waals surface area contributed by atoms with Gasteiger partial charge in [0.05, 0.1) is 0 Å². The van der Waals surface area contributed by atoms with Crippen molar-refractivity contribution in [3.63, 3.8) is 0 Å². The molecule has 112 valence electrons. The van der Waals surface area contributed by atoms with Crippen molar-refractivity contribution in [2.24, 2.45) is 0 Å². The van der Waals surface area contributed by atoms with Crippen molar-refractivity contribution >= 4 is 17.5 Å². The Labute approximate surface area is 121 Å². The Morgan fingerprint density at radius 3 is 2.25 bits per heavy atom. The Balaban J connectivity index is 2.52. The Morgan fingerprint density at radius 1 is 1.20 bits per heavy atom. The van der Waals surface area contributed by atoms with E-state index in [-0.39, 0.29) is 0 Å². The molecule has 20 heavy (non-hydrogen) atoms. The van der Waals surface area contributed by atoms with Crippen LogP contribution in [0.25, 0.3) is 0 Å². The third-order valence-corrected chi connectivity index (χ3v) is 2.66. The number of rotatable bonds is 5. The van der Waals surface area contributed by atoms with Crippen molar-refractivity contribution in [2.45, 2.75) is 59.1 Å². The van der Waals surface area contributed by atoms with Crippen molar-refractivity contribution in [3.8, 4) is 0 Å². The fraction of sp³-hybridized carbons (Fsp3) is 0.562. The van der Waals surface area contributed by atoms with Crippen molar-refractivity contribution in [1.29, 1.82) is 0 Å². The van der Waals surface area contributed by atoms with Gasteiger partial charge >= 0.3 is 6.09 Å². The summed E-state index contributed by atoms with van der Waals surface area (Å²) in [4.78, 5) is 11.6. The van der Waals surface area contributed by atoms with Crippen molar-refractivity contribution < 1.29 is 9.53 Å². The predicted molar refractivity (Wildman–Crippen MR) is 84.3 cm³/mol. The summed E-state index contributed by atoms with van der Waals surface area (Å²) < 4.78 is 5.20. The lowest BCUT2D eigenvalue weighted by Gasteiger charge is -2.20. The Kier molecular flexibility index (Phi) is 5.86. The first kappa shape index (κ1) is 16.3. The monoisotopic (exact) mass is 278 g/mol. The SMILES string of the molecule is CCCC(C)Nc1ccc(NC(=O)OC(C)(C)C)cc1. The molecular formula is C16H26N2O2. The van der Waals surface area contributed by atoms with E-state index in [9.17, 15) is 4.79 Å².